The van der Waals surface area contributed by atoms with Crippen LogP contribution in [0.3, 0.4) is 0 Å². The minimum atomic E-state index is -0.0162. The van der Waals surface area contributed by atoms with Crippen molar-refractivity contribution < 1.29 is 9.59 Å². The number of likely N-dealkylation sites (N-methyl/N-ethyl adjacent to an activating group) is 1. The highest BCUT2D eigenvalue weighted by molar-refractivity contribution is 5.89. The Bertz CT molecular complexity index is 662. The smallest absolute Gasteiger partial charge is 0.315 e. The highest BCUT2D eigenvalue weighted by Gasteiger charge is 2.60. The SMILES string of the molecule is CCNC(=O)N[C@H]1CC[C@H]2[C@@H]3CC[C@H]4N(C)C(=O)C=C[C@]4(C)[C@H]3CC[C@]12C. The van der Waals surface area contributed by atoms with Crippen LogP contribution in [0.5, 0.6) is 0 Å². The zero-order valence-corrected chi connectivity index (χ0v) is 17.3. The van der Waals surface area contributed by atoms with Crippen molar-refractivity contribution >= 4 is 11.9 Å². The summed E-state index contributed by atoms with van der Waals surface area (Å²) in [5.74, 6) is 2.18. The third-order valence-corrected chi connectivity index (χ3v) is 8.77. The normalized spacial score (nSPS) is 45.7. The molecule has 0 aromatic carbocycles. The Balaban J connectivity index is 1.57. The molecule has 7 atom stereocenters. The van der Waals surface area contributed by atoms with Crippen LogP contribution >= 0.6 is 0 Å². The molecule has 3 aliphatic carbocycles. The summed E-state index contributed by atoms with van der Waals surface area (Å²) >= 11 is 0. The van der Waals surface area contributed by atoms with Crippen LogP contribution < -0.4 is 10.6 Å². The van der Waals surface area contributed by atoms with Crippen LogP contribution in [0.1, 0.15) is 59.3 Å². The van der Waals surface area contributed by atoms with Gasteiger partial charge in [-0.25, -0.2) is 4.79 Å². The average molecular weight is 374 g/mol. The zero-order chi connectivity index (χ0) is 19.4. The topological polar surface area (TPSA) is 61.4 Å². The van der Waals surface area contributed by atoms with Gasteiger partial charge in [-0.15, -0.1) is 0 Å². The van der Waals surface area contributed by atoms with E-state index in [1.165, 1.54) is 25.7 Å². The average Bonchev–Trinajstić information content (AvgIpc) is 2.95. The quantitative estimate of drug-likeness (QED) is 0.780. The predicted octanol–water partition coefficient (Wildman–Crippen LogP) is 3.31. The molecule has 2 N–H and O–H groups in total. The van der Waals surface area contributed by atoms with E-state index in [1.54, 1.807) is 6.08 Å². The molecule has 3 saturated carbocycles. The van der Waals surface area contributed by atoms with Gasteiger partial charge in [-0.05, 0) is 74.7 Å². The molecule has 27 heavy (non-hydrogen) atoms. The summed E-state index contributed by atoms with van der Waals surface area (Å²) in [6.45, 7) is 7.43. The lowest BCUT2D eigenvalue weighted by molar-refractivity contribution is -0.138. The largest absolute Gasteiger partial charge is 0.338 e. The fourth-order valence-corrected chi connectivity index (χ4v) is 7.35. The standard InChI is InChI=1S/C22H35N3O2/c1-5-23-20(27)24-17-8-7-15-14-6-9-18-22(3,13-11-19(26)25(18)4)16(14)10-12-21(15,17)2/h11,13-18H,5-10,12H2,1-4H3,(H2,23,24,27)/t14-,15-,16-,17-,18+,21-,22+/m0/s1. The number of hydrogen-bond donors (Lipinski definition) is 2. The van der Waals surface area contributed by atoms with E-state index in [0.717, 1.165) is 12.8 Å². The van der Waals surface area contributed by atoms with Gasteiger partial charge >= 0.3 is 6.03 Å². The Morgan fingerprint density at radius 1 is 1.19 bits per heavy atom. The third-order valence-electron chi connectivity index (χ3n) is 8.77. The molecule has 4 aliphatic rings. The fraction of sp³-hybridized carbons (Fsp3) is 0.818. The highest BCUT2D eigenvalue weighted by Crippen LogP contribution is 2.63. The number of nitrogens with zero attached hydrogens (tertiary/aromatic N) is 1. The summed E-state index contributed by atoms with van der Waals surface area (Å²) in [7, 11) is 1.98. The van der Waals surface area contributed by atoms with Crippen LogP contribution in [-0.2, 0) is 4.79 Å². The summed E-state index contributed by atoms with van der Waals surface area (Å²) in [5, 5.41) is 6.17. The second kappa shape index (κ2) is 6.52. The van der Waals surface area contributed by atoms with E-state index in [2.05, 4.69) is 30.6 Å². The van der Waals surface area contributed by atoms with Crippen LogP contribution in [0.25, 0.3) is 0 Å². The number of urea groups is 1. The van der Waals surface area contributed by atoms with Crippen molar-refractivity contribution in [1.82, 2.24) is 15.5 Å². The van der Waals surface area contributed by atoms with Gasteiger partial charge in [0.1, 0.15) is 0 Å². The van der Waals surface area contributed by atoms with E-state index in [1.807, 2.05) is 18.9 Å². The van der Waals surface area contributed by atoms with Crippen molar-refractivity contribution in [3.05, 3.63) is 12.2 Å². The number of carbonyl (C=O) groups excluding carboxylic acids is 2. The molecule has 0 unspecified atom stereocenters. The van der Waals surface area contributed by atoms with Gasteiger partial charge in [-0.2, -0.15) is 0 Å². The second-order valence-corrected chi connectivity index (χ2v) is 9.80. The molecule has 1 heterocycles. The third kappa shape index (κ3) is 2.72. The van der Waals surface area contributed by atoms with Crippen LogP contribution in [0, 0.1) is 28.6 Å². The van der Waals surface area contributed by atoms with Crippen LogP contribution in [0.15, 0.2) is 12.2 Å². The number of nitrogens with one attached hydrogen (secondary N) is 2. The van der Waals surface area contributed by atoms with Crippen LogP contribution in [0.2, 0.25) is 0 Å². The second-order valence-electron chi connectivity index (χ2n) is 9.80. The molecule has 150 valence electrons. The van der Waals surface area contributed by atoms with E-state index in [9.17, 15) is 9.59 Å². The Morgan fingerprint density at radius 2 is 1.96 bits per heavy atom. The monoisotopic (exact) mass is 373 g/mol. The van der Waals surface area contributed by atoms with E-state index in [-0.39, 0.29) is 28.8 Å². The van der Waals surface area contributed by atoms with E-state index in [4.69, 9.17) is 0 Å². The maximum atomic E-state index is 12.2. The highest BCUT2D eigenvalue weighted by atomic mass is 16.2. The maximum Gasteiger partial charge on any atom is 0.315 e. The molecule has 1 aliphatic heterocycles. The predicted molar refractivity (Wildman–Crippen MR) is 106 cm³/mol. The van der Waals surface area contributed by atoms with Gasteiger partial charge < -0.3 is 15.5 Å². The van der Waals surface area contributed by atoms with Gasteiger partial charge in [0.05, 0.1) is 0 Å². The first-order chi connectivity index (χ1) is 12.8. The van der Waals surface area contributed by atoms with Gasteiger partial charge in [0.2, 0.25) is 5.91 Å². The Morgan fingerprint density at radius 3 is 2.70 bits per heavy atom. The van der Waals surface area contributed by atoms with Crippen LogP contribution in [0.4, 0.5) is 4.79 Å². The number of rotatable bonds is 2. The minimum Gasteiger partial charge on any atom is -0.338 e. The maximum absolute atomic E-state index is 12.2. The number of hydrogen-bond acceptors (Lipinski definition) is 2. The summed E-state index contributed by atoms with van der Waals surface area (Å²) in [5.41, 5.74) is 0.299. The Kier molecular flexibility index (Phi) is 4.55. The van der Waals surface area contributed by atoms with Crippen molar-refractivity contribution in [2.24, 2.45) is 28.6 Å². The molecule has 3 fully saturated rings. The molecule has 0 aromatic heterocycles. The number of carbonyl (C=O) groups is 2. The molecule has 0 bridgehead atoms. The van der Waals surface area contributed by atoms with Gasteiger partial charge in [0, 0.05) is 31.1 Å². The lowest BCUT2D eigenvalue weighted by atomic mass is 9.48. The molecule has 5 nitrogen and oxygen atoms in total. The van der Waals surface area contributed by atoms with Gasteiger partial charge in [-0.3, -0.25) is 4.79 Å². The molecule has 4 rings (SSSR count). The first-order valence-electron chi connectivity index (χ1n) is 10.8. The van der Waals surface area contributed by atoms with Gasteiger partial charge in [-0.1, -0.05) is 19.9 Å². The summed E-state index contributed by atoms with van der Waals surface area (Å²) < 4.78 is 0. The molecule has 0 aromatic rings. The first kappa shape index (κ1) is 18.8. The van der Waals surface area contributed by atoms with Crippen LogP contribution in [-0.4, -0.2) is 42.5 Å². The molecule has 0 radical (unpaired) electrons. The summed E-state index contributed by atoms with van der Waals surface area (Å²) in [6.07, 6.45) is 11.0. The van der Waals surface area contributed by atoms with Crippen molar-refractivity contribution in [3.63, 3.8) is 0 Å². The molecule has 5 heteroatoms. The lowest BCUT2D eigenvalue weighted by Gasteiger charge is -2.60. The number of fused-ring (bicyclic) bond motifs is 5. The van der Waals surface area contributed by atoms with Crippen molar-refractivity contribution in [2.75, 3.05) is 13.6 Å². The summed E-state index contributed by atoms with van der Waals surface area (Å²) in [4.78, 5) is 26.3. The van der Waals surface area contributed by atoms with E-state index in [0.29, 0.717) is 30.3 Å². The van der Waals surface area contributed by atoms with Crippen molar-refractivity contribution in [2.45, 2.75) is 71.4 Å². The lowest BCUT2D eigenvalue weighted by Crippen LogP contribution is -2.60. The number of amides is 3. The molecule has 3 amide bonds. The van der Waals surface area contributed by atoms with Gasteiger partial charge in [0.25, 0.3) is 0 Å². The molecular weight excluding hydrogens is 338 g/mol. The van der Waals surface area contributed by atoms with E-state index < -0.39 is 0 Å². The molecular formula is C22H35N3O2. The summed E-state index contributed by atoms with van der Waals surface area (Å²) in [6, 6.07) is 0.607. The molecule has 0 spiro atoms. The van der Waals surface area contributed by atoms with E-state index >= 15 is 0 Å². The Labute approximate surface area is 163 Å². The van der Waals surface area contributed by atoms with Crippen molar-refractivity contribution in [3.8, 4) is 0 Å². The molecule has 0 saturated heterocycles. The zero-order valence-electron chi connectivity index (χ0n) is 17.3. The Hall–Kier alpha value is -1.52. The first-order valence-corrected chi connectivity index (χ1v) is 10.8. The van der Waals surface area contributed by atoms with Gasteiger partial charge in [0.15, 0.2) is 0 Å². The minimum absolute atomic E-state index is 0.0162. The van der Waals surface area contributed by atoms with Crippen molar-refractivity contribution in [1.29, 1.82) is 0 Å². The fourth-order valence-electron chi connectivity index (χ4n) is 7.35.